The Labute approximate surface area is 183 Å². The van der Waals surface area contributed by atoms with E-state index in [1.807, 2.05) is 17.0 Å². The number of halogens is 2. The first kappa shape index (κ1) is 21.9. The molecule has 1 aliphatic carbocycles. The van der Waals surface area contributed by atoms with Gasteiger partial charge in [-0.1, -0.05) is 25.1 Å². The molecule has 0 bridgehead atoms. The fraction of sp³-hybridized carbons (Fsp3) is 0.500. The van der Waals surface area contributed by atoms with Crippen molar-refractivity contribution < 1.29 is 18.7 Å². The molecule has 166 valence electrons. The minimum atomic E-state index is -0.795. The molecule has 2 fully saturated rings. The number of hydrogen-bond donors (Lipinski definition) is 1. The second kappa shape index (κ2) is 9.47. The van der Waals surface area contributed by atoms with Gasteiger partial charge in [0.25, 0.3) is 5.91 Å². The molecule has 1 N–H and O–H groups in total. The van der Waals surface area contributed by atoms with Gasteiger partial charge < -0.3 is 10.0 Å². The fourth-order valence-electron chi connectivity index (χ4n) is 5.20. The van der Waals surface area contributed by atoms with Gasteiger partial charge in [0.15, 0.2) is 11.6 Å². The number of piperidine rings is 1. The van der Waals surface area contributed by atoms with Crippen LogP contribution in [0.4, 0.5) is 8.78 Å². The molecule has 2 aromatic rings. The quantitative estimate of drug-likeness (QED) is 0.671. The zero-order valence-electron chi connectivity index (χ0n) is 18.1. The Morgan fingerprint density at radius 1 is 1.03 bits per heavy atom. The first-order valence-corrected chi connectivity index (χ1v) is 11.4. The van der Waals surface area contributed by atoms with Gasteiger partial charge in [0.05, 0.1) is 6.10 Å². The van der Waals surface area contributed by atoms with Gasteiger partial charge in [-0.3, -0.25) is 4.79 Å². The average Bonchev–Trinajstić information content (AvgIpc) is 3.24. The molecule has 1 unspecified atom stereocenters. The molecule has 0 spiro atoms. The summed E-state index contributed by atoms with van der Waals surface area (Å²) in [6.07, 6.45) is 5.32. The molecule has 0 aromatic heterocycles. The molecule has 3 atom stereocenters. The number of aliphatic hydroxyl groups is 1. The zero-order chi connectivity index (χ0) is 22.0. The lowest BCUT2D eigenvalue weighted by atomic mass is 9.88. The van der Waals surface area contributed by atoms with E-state index in [0.29, 0.717) is 43.3 Å². The van der Waals surface area contributed by atoms with Gasteiger partial charge in [0, 0.05) is 18.7 Å². The summed E-state index contributed by atoms with van der Waals surface area (Å²) in [6.45, 7) is 3.31. The van der Waals surface area contributed by atoms with Gasteiger partial charge in [0.1, 0.15) is 0 Å². The lowest BCUT2D eigenvalue weighted by Gasteiger charge is -2.29. The van der Waals surface area contributed by atoms with E-state index in [9.17, 15) is 18.7 Å². The molecular weight excluding hydrogens is 396 g/mol. The van der Waals surface area contributed by atoms with Crippen molar-refractivity contribution in [3.8, 4) is 0 Å². The van der Waals surface area contributed by atoms with Crippen LogP contribution in [-0.4, -0.2) is 35.1 Å². The normalized spacial score (nSPS) is 23.2. The van der Waals surface area contributed by atoms with E-state index in [0.717, 1.165) is 31.2 Å². The molecule has 1 heterocycles. The molecular formula is C26H31F2NO2. The van der Waals surface area contributed by atoms with Gasteiger partial charge in [-0.15, -0.1) is 0 Å². The van der Waals surface area contributed by atoms with Crippen LogP contribution in [0.1, 0.15) is 78.8 Å². The van der Waals surface area contributed by atoms with Crippen LogP contribution in [0.25, 0.3) is 0 Å². The number of carbonyl (C=O) groups excluding carboxylic acids is 1. The summed E-state index contributed by atoms with van der Waals surface area (Å²) in [7, 11) is 0. The van der Waals surface area contributed by atoms with Crippen molar-refractivity contribution in [2.45, 2.75) is 63.4 Å². The molecule has 1 amide bonds. The highest BCUT2D eigenvalue weighted by molar-refractivity contribution is 5.94. The number of nitrogens with zero attached hydrogens (tertiary/aromatic N) is 1. The monoisotopic (exact) mass is 427 g/mol. The number of aliphatic hydroxyl groups excluding tert-OH is 1. The second-order valence-electron chi connectivity index (χ2n) is 9.33. The first-order chi connectivity index (χ1) is 14.9. The summed E-state index contributed by atoms with van der Waals surface area (Å²) in [5.41, 5.74) is 2.84. The van der Waals surface area contributed by atoms with E-state index >= 15 is 0 Å². The summed E-state index contributed by atoms with van der Waals surface area (Å²) in [6, 6.07) is 12.3. The van der Waals surface area contributed by atoms with Crippen molar-refractivity contribution in [1.82, 2.24) is 4.90 Å². The number of rotatable bonds is 5. The average molecular weight is 428 g/mol. The van der Waals surface area contributed by atoms with Gasteiger partial charge in [-0.25, -0.2) is 8.78 Å². The summed E-state index contributed by atoms with van der Waals surface area (Å²) < 4.78 is 26.7. The Balaban J connectivity index is 1.32. The van der Waals surface area contributed by atoms with Crippen molar-refractivity contribution in [3.63, 3.8) is 0 Å². The molecule has 1 aliphatic heterocycles. The third kappa shape index (κ3) is 5.15. The standard InChI is InChI=1S/C26H31F2NO2/c1-17(21-8-9-24(27)25(28)16-21)14-18-2-3-22(15-18)19-4-6-20(7-5-19)26(31)29-12-10-23(30)11-13-29/h4-9,16-18,22-23,30H,2-3,10-15H2,1H3/t17-,18?,22-/m0/s1. The topological polar surface area (TPSA) is 40.5 Å². The SMILES string of the molecule is C[C@@H](CC1CC[C@H](c2ccc(C(=O)N3CCC(O)CC3)cc2)C1)c1ccc(F)c(F)c1. The second-order valence-corrected chi connectivity index (χ2v) is 9.33. The molecule has 2 aromatic carbocycles. The summed E-state index contributed by atoms with van der Waals surface area (Å²) in [5, 5.41) is 9.63. The smallest absolute Gasteiger partial charge is 0.253 e. The maximum atomic E-state index is 13.5. The minimum Gasteiger partial charge on any atom is -0.393 e. The Morgan fingerprint density at radius 2 is 1.74 bits per heavy atom. The molecule has 31 heavy (non-hydrogen) atoms. The molecule has 5 heteroatoms. The lowest BCUT2D eigenvalue weighted by Crippen LogP contribution is -2.40. The molecule has 1 saturated carbocycles. The third-order valence-electron chi connectivity index (χ3n) is 7.12. The third-order valence-corrected chi connectivity index (χ3v) is 7.12. The van der Waals surface area contributed by atoms with E-state index in [-0.39, 0.29) is 17.9 Å². The highest BCUT2D eigenvalue weighted by Crippen LogP contribution is 2.42. The zero-order valence-corrected chi connectivity index (χ0v) is 18.1. The van der Waals surface area contributed by atoms with Crippen molar-refractivity contribution >= 4 is 5.91 Å². The van der Waals surface area contributed by atoms with Crippen LogP contribution in [-0.2, 0) is 0 Å². The van der Waals surface area contributed by atoms with Crippen molar-refractivity contribution in [1.29, 1.82) is 0 Å². The van der Waals surface area contributed by atoms with Crippen LogP contribution in [0.2, 0.25) is 0 Å². The van der Waals surface area contributed by atoms with Crippen molar-refractivity contribution in [2.24, 2.45) is 5.92 Å². The lowest BCUT2D eigenvalue weighted by molar-refractivity contribution is 0.0546. The number of amides is 1. The molecule has 0 radical (unpaired) electrons. The van der Waals surface area contributed by atoms with Crippen LogP contribution in [0.15, 0.2) is 42.5 Å². The van der Waals surface area contributed by atoms with Crippen molar-refractivity contribution in [2.75, 3.05) is 13.1 Å². The van der Waals surface area contributed by atoms with E-state index in [1.54, 1.807) is 6.07 Å². The highest BCUT2D eigenvalue weighted by Gasteiger charge is 2.28. The van der Waals surface area contributed by atoms with E-state index in [2.05, 4.69) is 19.1 Å². The molecule has 2 aliphatic rings. The van der Waals surface area contributed by atoms with Crippen LogP contribution in [0, 0.1) is 17.6 Å². The summed E-state index contributed by atoms with van der Waals surface area (Å²) in [5.74, 6) is -0.281. The largest absolute Gasteiger partial charge is 0.393 e. The minimum absolute atomic E-state index is 0.0445. The maximum Gasteiger partial charge on any atom is 0.253 e. The van der Waals surface area contributed by atoms with Crippen LogP contribution < -0.4 is 0 Å². The summed E-state index contributed by atoms with van der Waals surface area (Å²) >= 11 is 0. The summed E-state index contributed by atoms with van der Waals surface area (Å²) in [4.78, 5) is 14.5. The molecule has 1 saturated heterocycles. The van der Waals surface area contributed by atoms with Crippen LogP contribution >= 0.6 is 0 Å². The predicted octanol–water partition coefficient (Wildman–Crippen LogP) is 5.64. The van der Waals surface area contributed by atoms with Crippen molar-refractivity contribution in [3.05, 3.63) is 70.8 Å². The van der Waals surface area contributed by atoms with Crippen LogP contribution in [0.3, 0.4) is 0 Å². The van der Waals surface area contributed by atoms with Gasteiger partial charge in [-0.05, 0) is 91.7 Å². The van der Waals surface area contributed by atoms with Gasteiger partial charge in [0.2, 0.25) is 0 Å². The Bertz CT molecular complexity index is 906. The maximum absolute atomic E-state index is 13.5. The fourth-order valence-corrected chi connectivity index (χ4v) is 5.20. The predicted molar refractivity (Wildman–Crippen MR) is 117 cm³/mol. The van der Waals surface area contributed by atoms with Gasteiger partial charge in [-0.2, -0.15) is 0 Å². The van der Waals surface area contributed by atoms with E-state index < -0.39 is 11.6 Å². The van der Waals surface area contributed by atoms with Gasteiger partial charge >= 0.3 is 0 Å². The highest BCUT2D eigenvalue weighted by atomic mass is 19.2. The Morgan fingerprint density at radius 3 is 2.42 bits per heavy atom. The number of hydrogen-bond acceptors (Lipinski definition) is 2. The molecule has 3 nitrogen and oxygen atoms in total. The number of carbonyl (C=O) groups is 1. The number of likely N-dealkylation sites (tertiary alicyclic amines) is 1. The van der Waals surface area contributed by atoms with Crippen LogP contribution in [0.5, 0.6) is 0 Å². The van der Waals surface area contributed by atoms with E-state index in [4.69, 9.17) is 0 Å². The molecule has 4 rings (SSSR count). The Kier molecular flexibility index (Phi) is 6.71. The Hall–Kier alpha value is -2.27. The number of benzene rings is 2. The van der Waals surface area contributed by atoms with E-state index in [1.165, 1.54) is 17.7 Å². The first-order valence-electron chi connectivity index (χ1n) is 11.4.